The van der Waals surface area contributed by atoms with Crippen LogP contribution in [0.2, 0.25) is 0 Å². The van der Waals surface area contributed by atoms with Crippen LogP contribution in [0.25, 0.3) is 0 Å². The molecule has 0 aliphatic rings. The first-order valence-electron chi connectivity index (χ1n) is 8.10. The molecule has 0 bridgehead atoms. The van der Waals surface area contributed by atoms with E-state index in [1.54, 1.807) is 24.3 Å². The lowest BCUT2D eigenvalue weighted by molar-refractivity contribution is -0.383. The lowest BCUT2D eigenvalue weighted by Crippen LogP contribution is -2.06. The molecule has 0 amide bonds. The Balaban J connectivity index is 2.00. The van der Waals surface area contributed by atoms with Crippen LogP contribution in [0.15, 0.2) is 59.3 Å². The molecule has 3 rings (SSSR count). The zero-order valence-corrected chi connectivity index (χ0v) is 15.9. The molecule has 9 heteroatoms. The highest BCUT2D eigenvalue weighted by Gasteiger charge is 2.24. The summed E-state index contributed by atoms with van der Waals surface area (Å²) >= 11 is 3.41. The molecule has 3 aromatic rings. The molecule has 138 valence electrons. The van der Waals surface area contributed by atoms with Crippen molar-refractivity contribution in [3.8, 4) is 5.75 Å². The van der Waals surface area contributed by atoms with Gasteiger partial charge < -0.3 is 15.4 Å². The lowest BCUT2D eigenvalue weighted by atomic mass is 10.2. The van der Waals surface area contributed by atoms with Gasteiger partial charge in [0.05, 0.1) is 22.9 Å². The Hall–Kier alpha value is -3.20. The molecule has 0 fully saturated rings. The summed E-state index contributed by atoms with van der Waals surface area (Å²) in [5.41, 5.74) is 0.965. The van der Waals surface area contributed by atoms with Crippen LogP contribution in [-0.4, -0.2) is 21.5 Å². The number of benzene rings is 2. The Morgan fingerprint density at radius 3 is 2.26 bits per heavy atom. The van der Waals surface area contributed by atoms with Gasteiger partial charge >= 0.3 is 5.69 Å². The lowest BCUT2D eigenvalue weighted by Gasteiger charge is -2.13. The van der Waals surface area contributed by atoms with Crippen molar-refractivity contribution in [3.63, 3.8) is 0 Å². The first kappa shape index (κ1) is 18.6. The number of rotatable bonds is 7. The van der Waals surface area contributed by atoms with Crippen LogP contribution in [0.4, 0.5) is 28.7 Å². The summed E-state index contributed by atoms with van der Waals surface area (Å²) in [6.45, 7) is 2.34. The summed E-state index contributed by atoms with van der Waals surface area (Å²) in [7, 11) is 0. The van der Waals surface area contributed by atoms with E-state index in [1.165, 1.54) is 6.33 Å². The van der Waals surface area contributed by atoms with Crippen LogP contribution in [0.5, 0.6) is 5.75 Å². The van der Waals surface area contributed by atoms with Crippen molar-refractivity contribution in [2.24, 2.45) is 0 Å². The van der Waals surface area contributed by atoms with Gasteiger partial charge in [-0.05, 0) is 47.1 Å². The summed E-state index contributed by atoms with van der Waals surface area (Å²) in [4.78, 5) is 19.3. The predicted molar refractivity (Wildman–Crippen MR) is 107 cm³/mol. The molecule has 0 saturated carbocycles. The van der Waals surface area contributed by atoms with E-state index in [-0.39, 0.29) is 17.3 Å². The van der Waals surface area contributed by atoms with Crippen molar-refractivity contribution in [2.45, 2.75) is 6.92 Å². The van der Waals surface area contributed by atoms with E-state index in [2.05, 4.69) is 36.5 Å². The Bertz CT molecular complexity index is 967. The third-order valence-electron chi connectivity index (χ3n) is 3.57. The van der Waals surface area contributed by atoms with E-state index < -0.39 is 4.92 Å². The van der Waals surface area contributed by atoms with Crippen molar-refractivity contribution in [2.75, 3.05) is 17.2 Å². The third-order valence-corrected chi connectivity index (χ3v) is 4.26. The summed E-state index contributed by atoms with van der Waals surface area (Å²) < 4.78 is 6.31. The molecule has 8 nitrogen and oxygen atoms in total. The smallest absolute Gasteiger partial charge is 0.353 e. The zero-order chi connectivity index (χ0) is 19.2. The number of nitrogens with one attached hydrogen (secondary N) is 2. The van der Waals surface area contributed by atoms with Gasteiger partial charge in [-0.1, -0.05) is 24.3 Å². The second kappa shape index (κ2) is 8.45. The Morgan fingerprint density at radius 1 is 1.04 bits per heavy atom. The topological polar surface area (TPSA) is 102 Å². The number of nitro groups is 1. The highest BCUT2D eigenvalue weighted by molar-refractivity contribution is 9.10. The van der Waals surface area contributed by atoms with Gasteiger partial charge in [-0.2, -0.15) is 0 Å². The van der Waals surface area contributed by atoms with Gasteiger partial charge in [0.2, 0.25) is 11.6 Å². The molecule has 0 unspecified atom stereocenters. The second-order valence-electron chi connectivity index (χ2n) is 5.34. The predicted octanol–water partition coefficient (Wildman–Crippen LogP) is 5.03. The molecule has 2 N–H and O–H groups in total. The summed E-state index contributed by atoms with van der Waals surface area (Å²) in [6.07, 6.45) is 1.26. The van der Waals surface area contributed by atoms with Gasteiger partial charge in [0.15, 0.2) is 0 Å². The minimum absolute atomic E-state index is 0.0664. The van der Waals surface area contributed by atoms with Crippen molar-refractivity contribution < 1.29 is 9.66 Å². The van der Waals surface area contributed by atoms with Gasteiger partial charge in [-0.25, -0.2) is 9.97 Å². The highest BCUT2D eigenvalue weighted by Crippen LogP contribution is 2.36. The van der Waals surface area contributed by atoms with Gasteiger partial charge in [0.1, 0.15) is 12.1 Å². The van der Waals surface area contributed by atoms with Crippen molar-refractivity contribution >= 4 is 44.6 Å². The number of hydrogen-bond acceptors (Lipinski definition) is 7. The maximum atomic E-state index is 11.7. The van der Waals surface area contributed by atoms with Crippen molar-refractivity contribution in [1.82, 2.24) is 9.97 Å². The number of nitrogens with zero attached hydrogens (tertiary/aromatic N) is 3. The van der Waals surface area contributed by atoms with Crippen LogP contribution < -0.4 is 15.4 Å². The molecule has 0 radical (unpaired) electrons. The number of ether oxygens (including phenoxy) is 1. The zero-order valence-electron chi connectivity index (χ0n) is 14.3. The molecule has 27 heavy (non-hydrogen) atoms. The van der Waals surface area contributed by atoms with Gasteiger partial charge in [0, 0.05) is 4.47 Å². The maximum Gasteiger partial charge on any atom is 0.353 e. The van der Waals surface area contributed by atoms with Crippen LogP contribution in [0.1, 0.15) is 6.92 Å². The largest absolute Gasteiger partial charge is 0.492 e. The van der Waals surface area contributed by atoms with Crippen LogP contribution >= 0.6 is 15.9 Å². The monoisotopic (exact) mass is 429 g/mol. The first-order valence-corrected chi connectivity index (χ1v) is 8.89. The molecule has 0 aliphatic heterocycles. The molecule has 1 heterocycles. The highest BCUT2D eigenvalue weighted by atomic mass is 79.9. The Morgan fingerprint density at radius 2 is 1.63 bits per heavy atom. The average molecular weight is 430 g/mol. The van der Waals surface area contributed by atoms with Gasteiger partial charge in [-0.15, -0.1) is 0 Å². The average Bonchev–Trinajstić information content (AvgIpc) is 2.65. The van der Waals surface area contributed by atoms with Crippen molar-refractivity contribution in [3.05, 3.63) is 69.4 Å². The normalized spacial score (nSPS) is 10.3. The number of halogens is 1. The van der Waals surface area contributed by atoms with E-state index in [1.807, 2.05) is 31.2 Å². The molecule has 2 aromatic carbocycles. The van der Waals surface area contributed by atoms with E-state index in [0.29, 0.717) is 23.7 Å². The van der Waals surface area contributed by atoms with Crippen molar-refractivity contribution in [1.29, 1.82) is 0 Å². The molecule has 0 spiro atoms. The van der Waals surface area contributed by atoms with Crippen LogP contribution in [0.3, 0.4) is 0 Å². The quantitative estimate of drug-likeness (QED) is 0.400. The molecule has 0 aliphatic carbocycles. The molecular weight excluding hydrogens is 414 g/mol. The summed E-state index contributed by atoms with van der Waals surface area (Å²) in [5, 5.41) is 17.7. The second-order valence-corrected chi connectivity index (χ2v) is 6.19. The SMILES string of the molecule is CCOc1ccccc1Nc1ncnc(Nc2ccccc2Br)c1[N+](=O)[O-]. The fourth-order valence-electron chi connectivity index (χ4n) is 2.40. The fraction of sp³-hybridized carbons (Fsp3) is 0.111. The Kier molecular flexibility index (Phi) is 5.82. The van der Waals surface area contributed by atoms with Gasteiger partial charge in [0.25, 0.3) is 0 Å². The molecular formula is C18H16BrN5O3. The van der Waals surface area contributed by atoms with E-state index in [9.17, 15) is 10.1 Å². The molecule has 1 aromatic heterocycles. The Labute approximate surface area is 163 Å². The summed E-state index contributed by atoms with van der Waals surface area (Å²) in [5.74, 6) is 0.725. The molecule has 0 atom stereocenters. The fourth-order valence-corrected chi connectivity index (χ4v) is 2.79. The molecule has 0 saturated heterocycles. The number of aromatic nitrogens is 2. The van der Waals surface area contributed by atoms with Crippen LogP contribution in [-0.2, 0) is 0 Å². The van der Waals surface area contributed by atoms with E-state index in [4.69, 9.17) is 4.74 Å². The van der Waals surface area contributed by atoms with Gasteiger partial charge in [-0.3, -0.25) is 10.1 Å². The third kappa shape index (κ3) is 4.32. The standard InChI is InChI=1S/C18H16BrN5O3/c1-2-27-15-10-6-5-9-14(15)23-18-16(24(25)26)17(20-11-21-18)22-13-8-4-3-7-12(13)19/h3-11H,2H2,1H3,(H2,20,21,22,23). The first-order chi connectivity index (χ1) is 13.1. The minimum Gasteiger partial charge on any atom is -0.492 e. The number of anilines is 4. The summed E-state index contributed by atoms with van der Waals surface area (Å²) in [6, 6.07) is 14.4. The van der Waals surface area contributed by atoms with E-state index in [0.717, 1.165) is 4.47 Å². The minimum atomic E-state index is -0.523. The maximum absolute atomic E-state index is 11.7. The number of para-hydroxylation sites is 3. The van der Waals surface area contributed by atoms with E-state index >= 15 is 0 Å². The van der Waals surface area contributed by atoms with Crippen LogP contribution in [0, 0.1) is 10.1 Å². The number of hydrogen-bond donors (Lipinski definition) is 2.